The van der Waals surface area contributed by atoms with Gasteiger partial charge in [-0.05, 0) is 38.5 Å². The van der Waals surface area contributed by atoms with Crippen molar-refractivity contribution in [2.45, 2.75) is 45.1 Å². The standard InChI is InChI=1S/C14H23NO4/c1-2-19-12-7-10(8-12)9-13(16)15-5-3-11(4-6-15)14(17)18/h10-12H,2-9H2,1H3,(H,17,18). The zero-order valence-corrected chi connectivity index (χ0v) is 11.5. The summed E-state index contributed by atoms with van der Waals surface area (Å²) in [6.07, 6.45) is 4.11. The zero-order chi connectivity index (χ0) is 13.8. The number of amides is 1. The zero-order valence-electron chi connectivity index (χ0n) is 11.5. The monoisotopic (exact) mass is 269 g/mol. The fraction of sp³-hybridized carbons (Fsp3) is 0.857. The van der Waals surface area contributed by atoms with E-state index in [1.807, 2.05) is 11.8 Å². The molecule has 0 aromatic carbocycles. The summed E-state index contributed by atoms with van der Waals surface area (Å²) in [5.74, 6) is -0.356. The largest absolute Gasteiger partial charge is 0.481 e. The van der Waals surface area contributed by atoms with Crippen LogP contribution in [0.3, 0.4) is 0 Å². The van der Waals surface area contributed by atoms with E-state index < -0.39 is 5.97 Å². The Bertz CT molecular complexity index is 330. The van der Waals surface area contributed by atoms with E-state index in [9.17, 15) is 9.59 Å². The molecule has 2 rings (SSSR count). The van der Waals surface area contributed by atoms with Crippen molar-refractivity contribution in [3.63, 3.8) is 0 Å². The molecule has 0 aromatic heterocycles. The summed E-state index contributed by atoms with van der Waals surface area (Å²) in [6, 6.07) is 0. The average Bonchev–Trinajstić information content (AvgIpc) is 2.36. The number of carbonyl (C=O) groups is 2. The Morgan fingerprint density at radius 2 is 1.89 bits per heavy atom. The highest BCUT2D eigenvalue weighted by Crippen LogP contribution is 2.33. The first-order valence-corrected chi connectivity index (χ1v) is 7.22. The van der Waals surface area contributed by atoms with Gasteiger partial charge in [-0.3, -0.25) is 9.59 Å². The molecule has 108 valence electrons. The van der Waals surface area contributed by atoms with Gasteiger partial charge in [0.1, 0.15) is 0 Å². The lowest BCUT2D eigenvalue weighted by Gasteiger charge is -2.37. The number of piperidine rings is 1. The van der Waals surface area contributed by atoms with E-state index in [0.717, 1.165) is 19.4 Å². The topological polar surface area (TPSA) is 66.8 Å². The van der Waals surface area contributed by atoms with Crippen LogP contribution >= 0.6 is 0 Å². The lowest BCUT2D eigenvalue weighted by atomic mass is 9.79. The van der Waals surface area contributed by atoms with Crippen LogP contribution in [0.25, 0.3) is 0 Å². The molecule has 0 spiro atoms. The first kappa shape index (κ1) is 14.3. The fourth-order valence-corrected chi connectivity index (χ4v) is 2.96. The lowest BCUT2D eigenvalue weighted by molar-refractivity contribution is -0.146. The molecule has 0 unspecified atom stereocenters. The molecule has 5 nitrogen and oxygen atoms in total. The molecular formula is C14H23NO4. The van der Waals surface area contributed by atoms with E-state index in [0.29, 0.717) is 44.4 Å². The highest BCUT2D eigenvalue weighted by atomic mass is 16.5. The number of carboxylic acids is 1. The lowest BCUT2D eigenvalue weighted by Crippen LogP contribution is -2.42. The third-order valence-electron chi connectivity index (χ3n) is 4.26. The summed E-state index contributed by atoms with van der Waals surface area (Å²) >= 11 is 0. The van der Waals surface area contributed by atoms with Crippen molar-refractivity contribution in [3.05, 3.63) is 0 Å². The summed E-state index contributed by atoms with van der Waals surface area (Å²) in [6.45, 7) is 3.92. The second kappa shape index (κ2) is 6.37. The molecule has 2 aliphatic rings. The molecule has 1 heterocycles. The Kier molecular flexibility index (Phi) is 4.80. The minimum absolute atomic E-state index is 0.184. The number of nitrogens with zero attached hydrogens (tertiary/aromatic N) is 1. The third-order valence-corrected chi connectivity index (χ3v) is 4.26. The predicted molar refractivity (Wildman–Crippen MR) is 69.7 cm³/mol. The van der Waals surface area contributed by atoms with Crippen LogP contribution in [0.1, 0.15) is 39.0 Å². The molecule has 1 aliphatic heterocycles. The van der Waals surface area contributed by atoms with Gasteiger partial charge in [0.05, 0.1) is 12.0 Å². The maximum Gasteiger partial charge on any atom is 0.306 e. The maximum atomic E-state index is 12.1. The molecule has 1 amide bonds. The highest BCUT2D eigenvalue weighted by molar-refractivity contribution is 5.77. The first-order chi connectivity index (χ1) is 9.10. The van der Waals surface area contributed by atoms with Gasteiger partial charge < -0.3 is 14.7 Å². The number of likely N-dealkylation sites (tertiary alicyclic amines) is 1. The first-order valence-electron chi connectivity index (χ1n) is 7.22. The Balaban J connectivity index is 1.67. The van der Waals surface area contributed by atoms with Crippen molar-refractivity contribution in [2.24, 2.45) is 11.8 Å². The van der Waals surface area contributed by atoms with Crippen molar-refractivity contribution in [2.75, 3.05) is 19.7 Å². The van der Waals surface area contributed by atoms with E-state index in [1.165, 1.54) is 0 Å². The molecule has 1 N–H and O–H groups in total. The Morgan fingerprint density at radius 3 is 2.42 bits per heavy atom. The predicted octanol–water partition coefficient (Wildman–Crippen LogP) is 1.51. The van der Waals surface area contributed by atoms with Gasteiger partial charge in [-0.2, -0.15) is 0 Å². The van der Waals surface area contributed by atoms with E-state index in [-0.39, 0.29) is 11.8 Å². The maximum absolute atomic E-state index is 12.1. The highest BCUT2D eigenvalue weighted by Gasteiger charge is 2.33. The summed E-state index contributed by atoms with van der Waals surface area (Å²) in [5.41, 5.74) is 0. The summed E-state index contributed by atoms with van der Waals surface area (Å²) < 4.78 is 5.49. The number of aliphatic carboxylic acids is 1. The third kappa shape index (κ3) is 3.69. The molecule has 19 heavy (non-hydrogen) atoms. The average molecular weight is 269 g/mol. The Labute approximate surface area is 113 Å². The fourth-order valence-electron chi connectivity index (χ4n) is 2.96. The van der Waals surface area contributed by atoms with Crippen LogP contribution in [0.5, 0.6) is 0 Å². The van der Waals surface area contributed by atoms with Gasteiger partial charge >= 0.3 is 5.97 Å². The van der Waals surface area contributed by atoms with Crippen LogP contribution < -0.4 is 0 Å². The molecule has 0 radical (unpaired) electrons. The van der Waals surface area contributed by atoms with Crippen LogP contribution in [-0.4, -0.2) is 47.7 Å². The van der Waals surface area contributed by atoms with Gasteiger partial charge in [-0.1, -0.05) is 0 Å². The molecular weight excluding hydrogens is 246 g/mol. The minimum Gasteiger partial charge on any atom is -0.481 e. The molecule has 0 atom stereocenters. The van der Waals surface area contributed by atoms with E-state index in [2.05, 4.69) is 0 Å². The van der Waals surface area contributed by atoms with Gasteiger partial charge in [0.2, 0.25) is 5.91 Å². The van der Waals surface area contributed by atoms with Crippen LogP contribution in [-0.2, 0) is 14.3 Å². The van der Waals surface area contributed by atoms with Crippen molar-refractivity contribution < 1.29 is 19.4 Å². The van der Waals surface area contributed by atoms with Crippen LogP contribution in [0.15, 0.2) is 0 Å². The van der Waals surface area contributed by atoms with E-state index >= 15 is 0 Å². The molecule has 1 aliphatic carbocycles. The van der Waals surface area contributed by atoms with Crippen LogP contribution in [0.4, 0.5) is 0 Å². The molecule has 2 fully saturated rings. The van der Waals surface area contributed by atoms with Gasteiger partial charge in [0.25, 0.3) is 0 Å². The number of carboxylic acid groups (broad SMARTS) is 1. The quantitative estimate of drug-likeness (QED) is 0.821. The van der Waals surface area contributed by atoms with Gasteiger partial charge in [-0.15, -0.1) is 0 Å². The van der Waals surface area contributed by atoms with Crippen molar-refractivity contribution in [3.8, 4) is 0 Å². The molecule has 1 saturated carbocycles. The van der Waals surface area contributed by atoms with E-state index in [4.69, 9.17) is 9.84 Å². The molecule has 0 bridgehead atoms. The normalized spacial score (nSPS) is 27.9. The summed E-state index contributed by atoms with van der Waals surface area (Å²) in [7, 11) is 0. The minimum atomic E-state index is -0.731. The summed E-state index contributed by atoms with van der Waals surface area (Å²) in [5, 5.41) is 8.92. The van der Waals surface area contributed by atoms with Crippen molar-refractivity contribution in [1.29, 1.82) is 0 Å². The van der Waals surface area contributed by atoms with Crippen LogP contribution in [0, 0.1) is 11.8 Å². The number of carbonyl (C=O) groups excluding carboxylic acids is 1. The molecule has 0 aromatic rings. The number of hydrogen-bond donors (Lipinski definition) is 1. The van der Waals surface area contributed by atoms with E-state index in [1.54, 1.807) is 0 Å². The van der Waals surface area contributed by atoms with Crippen LogP contribution in [0.2, 0.25) is 0 Å². The molecule has 5 heteroatoms. The van der Waals surface area contributed by atoms with Crippen molar-refractivity contribution >= 4 is 11.9 Å². The second-order valence-corrected chi connectivity index (χ2v) is 5.61. The summed E-state index contributed by atoms with van der Waals surface area (Å²) in [4.78, 5) is 24.8. The van der Waals surface area contributed by atoms with Gasteiger partial charge in [-0.25, -0.2) is 0 Å². The molecule has 1 saturated heterocycles. The second-order valence-electron chi connectivity index (χ2n) is 5.61. The number of hydrogen-bond acceptors (Lipinski definition) is 3. The van der Waals surface area contributed by atoms with Gasteiger partial charge in [0, 0.05) is 26.1 Å². The van der Waals surface area contributed by atoms with Crippen molar-refractivity contribution in [1.82, 2.24) is 4.90 Å². The number of ether oxygens (including phenoxy) is 1. The number of rotatable bonds is 5. The van der Waals surface area contributed by atoms with Gasteiger partial charge in [0.15, 0.2) is 0 Å². The Hall–Kier alpha value is -1.10. The Morgan fingerprint density at radius 1 is 1.26 bits per heavy atom. The smallest absolute Gasteiger partial charge is 0.306 e. The SMILES string of the molecule is CCOC1CC(CC(=O)N2CCC(C(=O)O)CC2)C1.